The maximum atomic E-state index is 4.71. The molecule has 0 unspecified atom stereocenters. The SMILES string of the molecule is C[I-]c1noc(I)n1. The van der Waals surface area contributed by atoms with E-state index in [9.17, 15) is 0 Å². The van der Waals surface area contributed by atoms with Gasteiger partial charge >= 0.3 is 71.1 Å². The van der Waals surface area contributed by atoms with E-state index >= 15 is 0 Å². The second-order valence-electron chi connectivity index (χ2n) is 1.01. The Morgan fingerprint density at radius 2 is 2.50 bits per heavy atom. The molecule has 0 saturated carbocycles. The molecule has 0 aliphatic rings. The van der Waals surface area contributed by atoms with Crippen LogP contribution in [0.3, 0.4) is 0 Å². The summed E-state index contributed by atoms with van der Waals surface area (Å²) < 4.78 is 6.23. The Morgan fingerprint density at radius 3 is 2.75 bits per heavy atom. The van der Waals surface area contributed by atoms with Gasteiger partial charge in [-0.1, -0.05) is 0 Å². The van der Waals surface area contributed by atoms with E-state index in [0.29, 0.717) is 3.90 Å². The van der Waals surface area contributed by atoms with Crippen LogP contribution in [0.5, 0.6) is 0 Å². The van der Waals surface area contributed by atoms with Crippen LogP contribution in [0.25, 0.3) is 0 Å². The molecule has 8 heavy (non-hydrogen) atoms. The third kappa shape index (κ3) is 1.54. The zero-order valence-corrected chi connectivity index (χ0v) is 8.37. The summed E-state index contributed by atoms with van der Waals surface area (Å²) in [5, 5.41) is 3.69. The number of alkyl halides is 1. The predicted octanol–water partition coefficient (Wildman–Crippen LogP) is -2.44. The van der Waals surface area contributed by atoms with Crippen molar-refractivity contribution in [2.24, 2.45) is 0 Å². The van der Waals surface area contributed by atoms with Crippen molar-refractivity contribution < 1.29 is 25.7 Å². The van der Waals surface area contributed by atoms with Crippen molar-refractivity contribution >= 4 is 22.6 Å². The van der Waals surface area contributed by atoms with Crippen molar-refractivity contribution in [1.82, 2.24) is 10.1 Å². The van der Waals surface area contributed by atoms with E-state index in [1.54, 1.807) is 0 Å². The number of hydrogen-bond acceptors (Lipinski definition) is 3. The first-order chi connectivity index (χ1) is 3.83. The molecular formula is C3H3I2N2O-. The molecule has 1 aromatic rings. The minimum atomic E-state index is 0.00941. The Labute approximate surface area is 70.6 Å². The molecule has 0 radical (unpaired) electrons. The van der Waals surface area contributed by atoms with Gasteiger partial charge in [-0.15, -0.1) is 0 Å². The van der Waals surface area contributed by atoms with Gasteiger partial charge in [0.15, 0.2) is 0 Å². The molecule has 3 nitrogen and oxygen atoms in total. The number of aromatic nitrogens is 2. The quantitative estimate of drug-likeness (QED) is 0.423. The van der Waals surface area contributed by atoms with Gasteiger partial charge in [0.25, 0.3) is 0 Å². The summed E-state index contributed by atoms with van der Waals surface area (Å²) in [4.78, 5) is 6.08. The molecule has 0 aliphatic carbocycles. The molecule has 1 aromatic heterocycles. The van der Waals surface area contributed by atoms with E-state index < -0.39 is 0 Å². The summed E-state index contributed by atoms with van der Waals surface area (Å²) >= 11 is 2.01. The first-order valence-electron chi connectivity index (χ1n) is 1.81. The van der Waals surface area contributed by atoms with Crippen LogP contribution in [0.15, 0.2) is 4.52 Å². The van der Waals surface area contributed by atoms with Gasteiger partial charge in [-0.3, -0.25) is 0 Å². The number of halogens is 2. The molecule has 0 amide bonds. The molecule has 0 N–H and O–H groups in total. The summed E-state index contributed by atoms with van der Waals surface area (Å²) in [7, 11) is 0. The average Bonchev–Trinajstić information content (AvgIpc) is 2.14. The van der Waals surface area contributed by atoms with E-state index in [1.165, 1.54) is 0 Å². The van der Waals surface area contributed by atoms with E-state index in [4.69, 9.17) is 4.52 Å². The second-order valence-corrected chi connectivity index (χ2v) is 3.97. The monoisotopic (exact) mass is 337 g/mol. The number of nitrogens with zero attached hydrogens (tertiary/aromatic N) is 2. The van der Waals surface area contributed by atoms with Crippen molar-refractivity contribution in [2.45, 2.75) is 0 Å². The fourth-order valence-corrected chi connectivity index (χ4v) is 1.81. The molecule has 0 aliphatic heterocycles. The first-order valence-corrected chi connectivity index (χ1v) is 6.13. The summed E-state index contributed by atoms with van der Waals surface area (Å²) in [6.45, 7) is 0. The molecule has 0 aromatic carbocycles. The van der Waals surface area contributed by atoms with Gasteiger partial charge in [-0.2, -0.15) is 0 Å². The Bertz CT molecular complexity index is 176. The van der Waals surface area contributed by atoms with Crippen molar-refractivity contribution in [3.63, 3.8) is 0 Å². The third-order valence-corrected chi connectivity index (χ3v) is 2.39. The molecule has 0 bridgehead atoms. The summed E-state index contributed by atoms with van der Waals surface area (Å²) in [6.07, 6.45) is 0. The van der Waals surface area contributed by atoms with Crippen LogP contribution in [-0.2, 0) is 0 Å². The van der Waals surface area contributed by atoms with Crippen molar-refractivity contribution in [3.8, 4) is 0 Å². The molecule has 0 fully saturated rings. The van der Waals surface area contributed by atoms with Crippen LogP contribution < -0.4 is 21.2 Å². The molecule has 0 spiro atoms. The van der Waals surface area contributed by atoms with E-state index in [2.05, 4.69) is 15.1 Å². The van der Waals surface area contributed by atoms with Crippen molar-refractivity contribution in [1.29, 1.82) is 0 Å². The van der Waals surface area contributed by atoms with Gasteiger partial charge in [0, 0.05) is 0 Å². The number of hydrogen-bond donors (Lipinski definition) is 0. The van der Waals surface area contributed by atoms with Crippen LogP contribution in [0.2, 0.25) is 0 Å². The molecule has 0 atom stereocenters. The Hall–Kier alpha value is 0.600. The Balaban J connectivity index is 2.84. The summed E-state index contributed by atoms with van der Waals surface area (Å²) in [6, 6.07) is 0. The second kappa shape index (κ2) is 2.95. The van der Waals surface area contributed by atoms with Crippen molar-refractivity contribution in [3.05, 3.63) is 7.73 Å². The van der Waals surface area contributed by atoms with Crippen LogP contribution in [-0.4, -0.2) is 15.1 Å². The van der Waals surface area contributed by atoms with Gasteiger partial charge in [0.1, 0.15) is 0 Å². The van der Waals surface area contributed by atoms with Gasteiger partial charge in [-0.25, -0.2) is 0 Å². The van der Waals surface area contributed by atoms with E-state index in [1.807, 2.05) is 22.6 Å². The Kier molecular flexibility index (Phi) is 2.47. The van der Waals surface area contributed by atoms with Crippen LogP contribution in [0.4, 0.5) is 0 Å². The molecule has 46 valence electrons. The zero-order valence-electron chi connectivity index (χ0n) is 4.06. The topological polar surface area (TPSA) is 38.9 Å². The van der Waals surface area contributed by atoms with Crippen molar-refractivity contribution in [2.75, 3.05) is 4.93 Å². The molecular weight excluding hydrogens is 334 g/mol. The summed E-state index contributed by atoms with van der Waals surface area (Å²) in [5.41, 5.74) is 0. The van der Waals surface area contributed by atoms with Gasteiger partial charge in [0.05, 0.1) is 0 Å². The van der Waals surface area contributed by atoms with E-state index in [0.717, 1.165) is 3.83 Å². The first kappa shape index (κ1) is 6.72. The predicted molar refractivity (Wildman–Crippen MR) is 31.6 cm³/mol. The normalized spacial score (nSPS) is 10.2. The molecule has 5 heteroatoms. The van der Waals surface area contributed by atoms with Gasteiger partial charge in [0.2, 0.25) is 0 Å². The standard InChI is InChI=1S/C3H3I2N2O/c1-5-3-6-2(4)8-7-3/h1H3/q-1. The van der Waals surface area contributed by atoms with Gasteiger partial charge < -0.3 is 0 Å². The Morgan fingerprint density at radius 1 is 1.75 bits per heavy atom. The van der Waals surface area contributed by atoms with E-state index in [-0.39, 0.29) is 21.2 Å². The van der Waals surface area contributed by atoms with Gasteiger partial charge in [-0.05, 0) is 0 Å². The molecule has 1 heterocycles. The maximum absolute atomic E-state index is 4.71. The zero-order chi connectivity index (χ0) is 5.98. The average molecular weight is 337 g/mol. The fourth-order valence-electron chi connectivity index (χ4n) is 0.265. The third-order valence-electron chi connectivity index (χ3n) is 0.545. The fraction of sp³-hybridized carbons (Fsp3) is 0.333. The van der Waals surface area contributed by atoms with Crippen LogP contribution >= 0.6 is 22.6 Å². The summed E-state index contributed by atoms with van der Waals surface area (Å²) in [5.74, 6) is 0. The van der Waals surface area contributed by atoms with Crippen LogP contribution in [0, 0.1) is 7.73 Å². The number of rotatable bonds is 1. The van der Waals surface area contributed by atoms with Crippen LogP contribution in [0.1, 0.15) is 0 Å². The minimum absolute atomic E-state index is 0.00941. The molecule has 0 saturated heterocycles. The molecule has 1 rings (SSSR count).